The van der Waals surface area contributed by atoms with Gasteiger partial charge in [-0.15, -0.1) is 22.0 Å². The molecule has 0 bridgehead atoms. The normalized spacial score (nSPS) is 10.3. The number of amides is 2. The van der Waals surface area contributed by atoms with Crippen molar-refractivity contribution in [3.8, 4) is 5.75 Å². The molecule has 0 saturated heterocycles. The molecule has 25 heavy (non-hydrogen) atoms. The second-order valence-electron chi connectivity index (χ2n) is 4.91. The molecule has 0 aliphatic rings. The lowest BCUT2D eigenvalue weighted by Gasteiger charge is -2.06. The first-order chi connectivity index (χ1) is 12.2. The first kappa shape index (κ1) is 17.2. The largest absolute Gasteiger partial charge is 0.497 e. The monoisotopic (exact) mass is 372 g/mol. The van der Waals surface area contributed by atoms with Gasteiger partial charge < -0.3 is 10.1 Å². The lowest BCUT2D eigenvalue weighted by atomic mass is 10.3. The number of rotatable bonds is 6. The number of urea groups is 1. The molecular weight excluding hydrogens is 356 g/mol. The standard InChI is InChI=1S/C17H16N4O2S2/c1-23-13-7-5-6-12(10-13)18-16(22)19-17-21-20-15(25-17)11-24-14-8-3-2-4-9-14/h2-10H,11H2,1H3,(H2,18,19,21,22). The third-order valence-corrected chi connectivity index (χ3v) is 5.17. The van der Waals surface area contributed by atoms with Crippen molar-refractivity contribution in [3.05, 3.63) is 59.6 Å². The summed E-state index contributed by atoms with van der Waals surface area (Å²) >= 11 is 3.04. The number of nitrogens with one attached hydrogen (secondary N) is 2. The number of hydrogen-bond donors (Lipinski definition) is 2. The van der Waals surface area contributed by atoms with Crippen LogP contribution in [-0.4, -0.2) is 23.3 Å². The van der Waals surface area contributed by atoms with Gasteiger partial charge in [-0.3, -0.25) is 5.32 Å². The van der Waals surface area contributed by atoms with Crippen LogP contribution < -0.4 is 15.4 Å². The molecule has 6 nitrogen and oxygen atoms in total. The van der Waals surface area contributed by atoms with Crippen molar-refractivity contribution in [1.82, 2.24) is 10.2 Å². The number of thioether (sulfide) groups is 1. The zero-order valence-electron chi connectivity index (χ0n) is 13.4. The molecule has 0 unspecified atom stereocenters. The van der Waals surface area contributed by atoms with E-state index in [1.165, 1.54) is 16.2 Å². The van der Waals surface area contributed by atoms with E-state index in [9.17, 15) is 4.79 Å². The molecule has 0 atom stereocenters. The number of aromatic nitrogens is 2. The fourth-order valence-electron chi connectivity index (χ4n) is 1.98. The Morgan fingerprint density at radius 2 is 1.96 bits per heavy atom. The first-order valence-electron chi connectivity index (χ1n) is 7.45. The van der Waals surface area contributed by atoms with Crippen molar-refractivity contribution in [2.45, 2.75) is 10.6 Å². The van der Waals surface area contributed by atoms with Gasteiger partial charge in [-0.25, -0.2) is 4.79 Å². The number of hydrogen-bond acceptors (Lipinski definition) is 6. The Hall–Kier alpha value is -2.58. The Kier molecular flexibility index (Phi) is 5.86. The van der Waals surface area contributed by atoms with E-state index in [2.05, 4.69) is 20.8 Å². The maximum Gasteiger partial charge on any atom is 0.325 e. The molecular formula is C17H16N4O2S2. The van der Waals surface area contributed by atoms with Crippen molar-refractivity contribution < 1.29 is 9.53 Å². The number of benzene rings is 2. The van der Waals surface area contributed by atoms with Gasteiger partial charge in [0.05, 0.1) is 12.9 Å². The van der Waals surface area contributed by atoms with E-state index in [1.807, 2.05) is 36.4 Å². The average Bonchev–Trinajstić information content (AvgIpc) is 3.08. The smallest absolute Gasteiger partial charge is 0.325 e. The summed E-state index contributed by atoms with van der Waals surface area (Å²) in [5.41, 5.74) is 0.640. The molecule has 0 saturated carbocycles. The van der Waals surface area contributed by atoms with Crippen molar-refractivity contribution >= 4 is 39.9 Å². The van der Waals surface area contributed by atoms with Crippen LogP contribution in [0.5, 0.6) is 5.75 Å². The second kappa shape index (κ2) is 8.50. The fraction of sp³-hybridized carbons (Fsp3) is 0.118. The van der Waals surface area contributed by atoms with Crippen LogP contribution in [0.3, 0.4) is 0 Å². The predicted molar refractivity (Wildman–Crippen MR) is 102 cm³/mol. The summed E-state index contributed by atoms with van der Waals surface area (Å²) < 4.78 is 5.13. The zero-order chi connectivity index (χ0) is 17.5. The van der Waals surface area contributed by atoms with E-state index in [-0.39, 0.29) is 6.03 Å². The summed E-state index contributed by atoms with van der Waals surface area (Å²) in [4.78, 5) is 13.2. The minimum Gasteiger partial charge on any atom is -0.497 e. The van der Waals surface area contributed by atoms with Crippen LogP contribution in [0.15, 0.2) is 59.5 Å². The highest BCUT2D eigenvalue weighted by Crippen LogP contribution is 2.25. The van der Waals surface area contributed by atoms with E-state index in [0.717, 1.165) is 5.01 Å². The van der Waals surface area contributed by atoms with E-state index in [4.69, 9.17) is 4.74 Å². The van der Waals surface area contributed by atoms with Crippen LogP contribution in [0.25, 0.3) is 0 Å². The Bertz CT molecular complexity index is 839. The molecule has 0 aliphatic carbocycles. The van der Waals surface area contributed by atoms with E-state index in [0.29, 0.717) is 22.3 Å². The summed E-state index contributed by atoms with van der Waals surface area (Å²) in [5.74, 6) is 1.38. The maximum atomic E-state index is 12.0. The molecule has 1 heterocycles. The topological polar surface area (TPSA) is 76.1 Å². The van der Waals surface area contributed by atoms with Gasteiger partial charge in [0.25, 0.3) is 0 Å². The second-order valence-corrected chi connectivity index (χ2v) is 7.02. The van der Waals surface area contributed by atoms with Crippen LogP contribution in [0.1, 0.15) is 5.01 Å². The van der Waals surface area contributed by atoms with Gasteiger partial charge in [0.1, 0.15) is 10.8 Å². The summed E-state index contributed by atoms with van der Waals surface area (Å²) in [6.07, 6.45) is 0. The number of methoxy groups -OCH3 is 1. The van der Waals surface area contributed by atoms with Crippen LogP contribution >= 0.6 is 23.1 Å². The molecule has 0 aliphatic heterocycles. The van der Waals surface area contributed by atoms with Gasteiger partial charge in [0.15, 0.2) is 0 Å². The minimum atomic E-state index is -0.369. The molecule has 0 spiro atoms. The van der Waals surface area contributed by atoms with Crippen LogP contribution in [-0.2, 0) is 5.75 Å². The third kappa shape index (κ3) is 5.20. The Labute approximate surface area is 153 Å². The van der Waals surface area contributed by atoms with Gasteiger partial charge in [0.2, 0.25) is 5.13 Å². The Balaban J connectivity index is 1.52. The average molecular weight is 372 g/mol. The SMILES string of the molecule is COc1cccc(NC(=O)Nc2nnc(CSc3ccccc3)s2)c1. The number of carbonyl (C=O) groups is 1. The van der Waals surface area contributed by atoms with Gasteiger partial charge >= 0.3 is 6.03 Å². The summed E-state index contributed by atoms with van der Waals surface area (Å²) in [6.45, 7) is 0. The first-order valence-corrected chi connectivity index (χ1v) is 9.25. The highest BCUT2D eigenvalue weighted by Gasteiger charge is 2.09. The lowest BCUT2D eigenvalue weighted by molar-refractivity contribution is 0.262. The Morgan fingerprint density at radius 1 is 1.12 bits per heavy atom. The molecule has 2 aromatic carbocycles. The zero-order valence-corrected chi connectivity index (χ0v) is 15.1. The van der Waals surface area contributed by atoms with Crippen LogP contribution in [0.2, 0.25) is 0 Å². The van der Waals surface area contributed by atoms with Crippen molar-refractivity contribution in [2.75, 3.05) is 17.7 Å². The molecule has 2 N–H and O–H groups in total. The number of ether oxygens (including phenoxy) is 1. The van der Waals surface area contributed by atoms with E-state index in [1.54, 1.807) is 37.1 Å². The molecule has 3 aromatic rings. The summed E-state index contributed by atoms with van der Waals surface area (Å²) in [7, 11) is 1.58. The van der Waals surface area contributed by atoms with Crippen molar-refractivity contribution in [1.29, 1.82) is 0 Å². The van der Waals surface area contributed by atoms with Crippen LogP contribution in [0.4, 0.5) is 15.6 Å². The van der Waals surface area contributed by atoms with Gasteiger partial charge in [-0.05, 0) is 24.3 Å². The molecule has 2 amide bonds. The molecule has 3 rings (SSSR count). The molecule has 0 fully saturated rings. The number of anilines is 2. The van der Waals surface area contributed by atoms with Gasteiger partial charge in [-0.2, -0.15) is 0 Å². The van der Waals surface area contributed by atoms with Gasteiger partial charge in [-0.1, -0.05) is 35.6 Å². The molecule has 1 aromatic heterocycles. The summed E-state index contributed by atoms with van der Waals surface area (Å²) in [6, 6.07) is 16.8. The molecule has 8 heteroatoms. The van der Waals surface area contributed by atoms with Crippen LogP contribution in [0, 0.1) is 0 Å². The quantitative estimate of drug-likeness (QED) is 0.624. The molecule has 0 radical (unpaired) electrons. The van der Waals surface area contributed by atoms with Gasteiger partial charge in [0, 0.05) is 16.6 Å². The fourth-order valence-corrected chi connectivity index (χ4v) is 3.62. The molecule has 128 valence electrons. The number of carbonyl (C=O) groups excluding carboxylic acids is 1. The highest BCUT2D eigenvalue weighted by molar-refractivity contribution is 7.98. The number of nitrogens with zero attached hydrogens (tertiary/aromatic N) is 2. The van der Waals surface area contributed by atoms with Crippen molar-refractivity contribution in [2.24, 2.45) is 0 Å². The third-order valence-electron chi connectivity index (χ3n) is 3.12. The van der Waals surface area contributed by atoms with E-state index < -0.39 is 0 Å². The highest BCUT2D eigenvalue weighted by atomic mass is 32.2. The summed E-state index contributed by atoms with van der Waals surface area (Å²) in [5, 5.41) is 14.8. The van der Waals surface area contributed by atoms with E-state index >= 15 is 0 Å². The lowest BCUT2D eigenvalue weighted by Crippen LogP contribution is -2.19. The minimum absolute atomic E-state index is 0.369. The van der Waals surface area contributed by atoms with Crippen molar-refractivity contribution in [3.63, 3.8) is 0 Å². The predicted octanol–water partition coefficient (Wildman–Crippen LogP) is 4.48. The Morgan fingerprint density at radius 3 is 2.76 bits per heavy atom. The maximum absolute atomic E-state index is 12.0.